The lowest BCUT2D eigenvalue weighted by atomic mass is 9.93. The molecule has 182 valence electrons. The monoisotopic (exact) mass is 483 g/mol. The van der Waals surface area contributed by atoms with Crippen molar-refractivity contribution in [2.24, 2.45) is 0 Å². The highest BCUT2D eigenvalue weighted by molar-refractivity contribution is 6.32. The molecule has 1 aliphatic heterocycles. The average molecular weight is 484 g/mol. The summed E-state index contributed by atoms with van der Waals surface area (Å²) in [6.45, 7) is 8.06. The lowest BCUT2D eigenvalue weighted by Crippen LogP contribution is -2.51. The van der Waals surface area contributed by atoms with Crippen LogP contribution < -0.4 is 9.47 Å². The van der Waals surface area contributed by atoms with E-state index in [-0.39, 0.29) is 6.61 Å². The molecule has 2 aromatic carbocycles. The summed E-state index contributed by atoms with van der Waals surface area (Å²) in [6.07, 6.45) is 6.38. The zero-order chi connectivity index (χ0) is 24.0. The van der Waals surface area contributed by atoms with Crippen molar-refractivity contribution in [2.75, 3.05) is 26.3 Å². The summed E-state index contributed by atoms with van der Waals surface area (Å²) in [6, 6.07) is 13.9. The molecule has 4 rings (SSSR count). The fraction of sp³-hybridized carbons (Fsp3) is 0.444. The maximum atomic E-state index is 11.2. The van der Waals surface area contributed by atoms with Gasteiger partial charge in [0.15, 0.2) is 0 Å². The highest BCUT2D eigenvalue weighted by Crippen LogP contribution is 2.29. The number of imidazole rings is 1. The van der Waals surface area contributed by atoms with Crippen LogP contribution in [0.1, 0.15) is 36.2 Å². The first-order valence-corrected chi connectivity index (χ1v) is 12.3. The molecule has 0 unspecified atom stereocenters. The van der Waals surface area contributed by atoms with Crippen LogP contribution in [0.2, 0.25) is 5.02 Å². The largest absolute Gasteiger partial charge is 0.494 e. The minimum Gasteiger partial charge on any atom is -0.494 e. The Balaban J connectivity index is 1.27. The third kappa shape index (κ3) is 6.75. The number of ether oxygens (including phenoxy) is 2. The number of rotatable bonds is 10. The number of aromatic nitrogens is 2. The molecule has 0 amide bonds. The first-order valence-electron chi connectivity index (χ1n) is 11.9. The summed E-state index contributed by atoms with van der Waals surface area (Å²) in [7, 11) is 0. The van der Waals surface area contributed by atoms with Crippen molar-refractivity contribution in [2.45, 2.75) is 51.8 Å². The van der Waals surface area contributed by atoms with E-state index in [9.17, 15) is 5.11 Å². The highest BCUT2D eigenvalue weighted by Gasteiger charge is 2.34. The second-order valence-electron chi connectivity index (χ2n) is 9.28. The van der Waals surface area contributed by atoms with Gasteiger partial charge >= 0.3 is 0 Å². The van der Waals surface area contributed by atoms with Gasteiger partial charge in [-0.1, -0.05) is 29.8 Å². The maximum absolute atomic E-state index is 11.2. The SMILES string of the molecule is Cc1ccc(Cl)c(OC[C@]2(O)CCCN(Cc3cccc(OCCCn4ccnc4C)c3)C2)c1. The molecule has 7 heteroatoms. The molecule has 2 heterocycles. The third-order valence-electron chi connectivity index (χ3n) is 6.26. The fourth-order valence-corrected chi connectivity index (χ4v) is 4.62. The summed E-state index contributed by atoms with van der Waals surface area (Å²) in [5.74, 6) is 2.53. The van der Waals surface area contributed by atoms with Crippen LogP contribution >= 0.6 is 11.6 Å². The second kappa shape index (κ2) is 11.3. The number of piperidine rings is 1. The molecule has 0 bridgehead atoms. The Morgan fingerprint density at radius 2 is 2.03 bits per heavy atom. The Kier molecular flexibility index (Phi) is 8.14. The third-order valence-corrected chi connectivity index (χ3v) is 6.57. The Morgan fingerprint density at radius 3 is 2.85 bits per heavy atom. The zero-order valence-electron chi connectivity index (χ0n) is 20.0. The van der Waals surface area contributed by atoms with Crippen molar-refractivity contribution in [3.05, 3.63) is 76.8 Å². The first-order chi connectivity index (χ1) is 16.4. The van der Waals surface area contributed by atoms with Crippen molar-refractivity contribution in [1.29, 1.82) is 0 Å². The summed E-state index contributed by atoms with van der Waals surface area (Å²) in [4.78, 5) is 6.53. The van der Waals surface area contributed by atoms with Crippen molar-refractivity contribution >= 4 is 11.6 Å². The predicted octanol–water partition coefficient (Wildman–Crippen LogP) is 5.03. The van der Waals surface area contributed by atoms with E-state index < -0.39 is 5.60 Å². The smallest absolute Gasteiger partial charge is 0.138 e. The van der Waals surface area contributed by atoms with E-state index in [1.807, 2.05) is 56.6 Å². The zero-order valence-corrected chi connectivity index (χ0v) is 20.8. The molecule has 1 fully saturated rings. The number of hydrogen-bond donors (Lipinski definition) is 1. The number of β-amino-alcohol motifs (C(OH)–C–C–N with tert-alkyl or cyclic N) is 1. The Bertz CT molecular complexity index is 1090. The highest BCUT2D eigenvalue weighted by atomic mass is 35.5. The van der Waals surface area contributed by atoms with Crippen LogP contribution in [0.15, 0.2) is 54.9 Å². The molecule has 1 N–H and O–H groups in total. The van der Waals surface area contributed by atoms with Crippen LogP contribution in [0.25, 0.3) is 0 Å². The van der Waals surface area contributed by atoms with E-state index >= 15 is 0 Å². The van der Waals surface area contributed by atoms with Crippen LogP contribution in [0.3, 0.4) is 0 Å². The molecular formula is C27H34ClN3O3. The van der Waals surface area contributed by atoms with E-state index in [0.29, 0.717) is 30.3 Å². The number of aryl methyl sites for hydroxylation is 3. The van der Waals surface area contributed by atoms with Crippen LogP contribution in [0.5, 0.6) is 11.5 Å². The number of nitrogens with zero attached hydrogens (tertiary/aromatic N) is 3. The number of hydrogen-bond acceptors (Lipinski definition) is 5. The van der Waals surface area contributed by atoms with E-state index in [1.165, 1.54) is 5.56 Å². The van der Waals surface area contributed by atoms with Crippen molar-refractivity contribution in [1.82, 2.24) is 14.5 Å². The number of likely N-dealkylation sites (tertiary alicyclic amines) is 1. The van der Waals surface area contributed by atoms with Gasteiger partial charge in [-0.05, 0) is 75.0 Å². The van der Waals surface area contributed by atoms with Gasteiger partial charge in [0.2, 0.25) is 0 Å². The molecule has 1 aliphatic rings. The van der Waals surface area contributed by atoms with Crippen LogP contribution in [0, 0.1) is 13.8 Å². The quantitative estimate of drug-likeness (QED) is 0.410. The van der Waals surface area contributed by atoms with Gasteiger partial charge in [0.05, 0.1) is 11.6 Å². The van der Waals surface area contributed by atoms with Crippen molar-refractivity contribution < 1.29 is 14.6 Å². The molecule has 1 aromatic heterocycles. The second-order valence-corrected chi connectivity index (χ2v) is 9.69. The summed E-state index contributed by atoms with van der Waals surface area (Å²) in [5.41, 5.74) is 1.36. The molecule has 0 radical (unpaired) electrons. The molecule has 34 heavy (non-hydrogen) atoms. The van der Waals surface area contributed by atoms with Gasteiger partial charge in [0, 0.05) is 32.0 Å². The van der Waals surface area contributed by atoms with E-state index in [4.69, 9.17) is 21.1 Å². The van der Waals surface area contributed by atoms with Gasteiger partial charge in [0.1, 0.15) is 29.5 Å². The van der Waals surface area contributed by atoms with Crippen LogP contribution in [-0.2, 0) is 13.1 Å². The first kappa shape index (κ1) is 24.6. The van der Waals surface area contributed by atoms with E-state index in [2.05, 4.69) is 26.6 Å². The predicted molar refractivity (Wildman–Crippen MR) is 135 cm³/mol. The molecule has 0 spiro atoms. The van der Waals surface area contributed by atoms with E-state index in [1.54, 1.807) is 0 Å². The molecule has 1 saturated heterocycles. The molecule has 0 aliphatic carbocycles. The molecular weight excluding hydrogens is 450 g/mol. The Hall–Kier alpha value is -2.54. The fourth-order valence-electron chi connectivity index (χ4n) is 4.45. The van der Waals surface area contributed by atoms with Crippen LogP contribution in [0.4, 0.5) is 0 Å². The Morgan fingerprint density at radius 1 is 1.15 bits per heavy atom. The van der Waals surface area contributed by atoms with Gasteiger partial charge in [-0.15, -0.1) is 0 Å². The molecule has 1 atom stereocenters. The summed E-state index contributed by atoms with van der Waals surface area (Å²) in [5, 5.41) is 11.8. The number of benzene rings is 2. The number of halogens is 1. The standard InChI is InChI=1S/C27H34ClN3O3/c1-21-8-9-25(28)26(16-21)34-20-27(32)10-4-12-30(19-27)18-23-6-3-7-24(17-23)33-15-5-13-31-14-11-29-22(31)2/h3,6-9,11,14,16-17,32H,4-5,10,12-13,15,18-20H2,1-2H3/t27-/m0/s1. The summed E-state index contributed by atoms with van der Waals surface area (Å²) < 4.78 is 14.1. The van der Waals surface area contributed by atoms with Gasteiger partial charge in [-0.2, -0.15) is 0 Å². The van der Waals surface area contributed by atoms with Gasteiger partial charge in [-0.3, -0.25) is 4.90 Å². The lowest BCUT2D eigenvalue weighted by molar-refractivity contribution is -0.0621. The Labute approximate surface area is 207 Å². The van der Waals surface area contributed by atoms with Crippen LogP contribution in [-0.4, -0.2) is 51.5 Å². The van der Waals surface area contributed by atoms with Gasteiger partial charge < -0.3 is 19.1 Å². The topological polar surface area (TPSA) is 59.8 Å². The molecule has 3 aromatic rings. The van der Waals surface area contributed by atoms with Gasteiger partial charge in [0.25, 0.3) is 0 Å². The maximum Gasteiger partial charge on any atom is 0.138 e. The molecule has 0 saturated carbocycles. The van der Waals surface area contributed by atoms with Crippen molar-refractivity contribution in [3.8, 4) is 11.5 Å². The lowest BCUT2D eigenvalue weighted by Gasteiger charge is -2.39. The molecule has 6 nitrogen and oxygen atoms in total. The minimum atomic E-state index is -0.898. The van der Waals surface area contributed by atoms with Crippen molar-refractivity contribution in [3.63, 3.8) is 0 Å². The normalized spacial score (nSPS) is 18.7. The van der Waals surface area contributed by atoms with Gasteiger partial charge in [-0.25, -0.2) is 4.98 Å². The van der Waals surface area contributed by atoms with E-state index in [0.717, 1.165) is 49.6 Å². The minimum absolute atomic E-state index is 0.228. The number of aliphatic hydroxyl groups is 1. The summed E-state index contributed by atoms with van der Waals surface area (Å²) >= 11 is 6.26. The average Bonchev–Trinajstić information content (AvgIpc) is 3.22.